The predicted molar refractivity (Wildman–Crippen MR) is 82.5 cm³/mol. The minimum absolute atomic E-state index is 0.103. The van der Waals surface area contributed by atoms with Crippen molar-refractivity contribution in [2.24, 2.45) is 0 Å². The molecule has 0 amide bonds. The SMILES string of the molecule is Cc1cccc(O)c1Cc1cccc(C(C)(C)C)c1O. The zero-order valence-corrected chi connectivity index (χ0v) is 12.6. The molecule has 106 valence electrons. The lowest BCUT2D eigenvalue weighted by atomic mass is 9.84. The number of para-hydroxylation sites is 1. The first-order valence-electron chi connectivity index (χ1n) is 6.89. The van der Waals surface area contributed by atoms with E-state index in [0.29, 0.717) is 12.2 Å². The number of aryl methyl sites for hydroxylation is 1. The molecule has 0 aliphatic carbocycles. The Labute approximate surface area is 120 Å². The van der Waals surface area contributed by atoms with Crippen LogP contribution in [0.1, 0.15) is 43.0 Å². The summed E-state index contributed by atoms with van der Waals surface area (Å²) in [5.41, 5.74) is 3.58. The number of aromatic hydroxyl groups is 2. The molecule has 2 N–H and O–H groups in total. The lowest BCUT2D eigenvalue weighted by Crippen LogP contribution is -2.12. The van der Waals surface area contributed by atoms with Gasteiger partial charge in [0.15, 0.2) is 0 Å². The van der Waals surface area contributed by atoms with Crippen molar-refractivity contribution in [2.75, 3.05) is 0 Å². The topological polar surface area (TPSA) is 40.5 Å². The molecule has 0 heterocycles. The Balaban J connectivity index is 2.45. The van der Waals surface area contributed by atoms with Gasteiger partial charge in [0, 0.05) is 12.0 Å². The first kappa shape index (κ1) is 14.4. The van der Waals surface area contributed by atoms with Crippen LogP contribution in [0, 0.1) is 6.92 Å². The van der Waals surface area contributed by atoms with E-state index in [2.05, 4.69) is 20.8 Å². The Hall–Kier alpha value is -1.96. The molecule has 0 saturated carbocycles. The summed E-state index contributed by atoms with van der Waals surface area (Å²) in [5, 5.41) is 20.5. The maximum absolute atomic E-state index is 10.5. The second-order valence-corrected chi connectivity index (χ2v) is 6.31. The van der Waals surface area contributed by atoms with Gasteiger partial charge in [-0.2, -0.15) is 0 Å². The van der Waals surface area contributed by atoms with E-state index in [1.165, 1.54) is 0 Å². The minimum atomic E-state index is -0.103. The standard InChI is InChI=1S/C18H22O2/c1-12-7-5-10-16(19)14(12)11-13-8-6-9-15(17(13)20)18(2,3)4/h5-10,19-20H,11H2,1-4H3. The highest BCUT2D eigenvalue weighted by Gasteiger charge is 2.20. The van der Waals surface area contributed by atoms with Crippen LogP contribution >= 0.6 is 0 Å². The highest BCUT2D eigenvalue weighted by molar-refractivity contribution is 5.49. The van der Waals surface area contributed by atoms with Gasteiger partial charge >= 0.3 is 0 Å². The van der Waals surface area contributed by atoms with Crippen molar-refractivity contribution >= 4 is 0 Å². The number of rotatable bonds is 2. The van der Waals surface area contributed by atoms with Gasteiger partial charge in [-0.25, -0.2) is 0 Å². The van der Waals surface area contributed by atoms with Crippen LogP contribution in [0.4, 0.5) is 0 Å². The van der Waals surface area contributed by atoms with Gasteiger partial charge in [0.25, 0.3) is 0 Å². The highest BCUT2D eigenvalue weighted by atomic mass is 16.3. The molecule has 0 spiro atoms. The average molecular weight is 270 g/mol. The Kier molecular flexibility index (Phi) is 3.76. The smallest absolute Gasteiger partial charge is 0.122 e. The normalized spacial score (nSPS) is 11.6. The quantitative estimate of drug-likeness (QED) is 0.854. The van der Waals surface area contributed by atoms with Crippen LogP contribution in [0.15, 0.2) is 36.4 Å². The second kappa shape index (κ2) is 5.20. The minimum Gasteiger partial charge on any atom is -0.508 e. The monoisotopic (exact) mass is 270 g/mol. The van der Waals surface area contributed by atoms with E-state index in [1.54, 1.807) is 6.07 Å². The Morgan fingerprint density at radius 2 is 1.60 bits per heavy atom. The summed E-state index contributed by atoms with van der Waals surface area (Å²) in [5.74, 6) is 0.619. The molecule has 0 saturated heterocycles. The first-order chi connectivity index (χ1) is 9.30. The molecule has 2 nitrogen and oxygen atoms in total. The largest absolute Gasteiger partial charge is 0.508 e. The van der Waals surface area contributed by atoms with Crippen molar-refractivity contribution in [1.82, 2.24) is 0 Å². The highest BCUT2D eigenvalue weighted by Crippen LogP contribution is 2.35. The summed E-state index contributed by atoms with van der Waals surface area (Å²) >= 11 is 0. The predicted octanol–water partition coefficient (Wildman–Crippen LogP) is 4.29. The van der Waals surface area contributed by atoms with Crippen LogP contribution in [0.3, 0.4) is 0 Å². The van der Waals surface area contributed by atoms with Crippen LogP contribution in [-0.2, 0) is 11.8 Å². The third-order valence-electron chi connectivity index (χ3n) is 3.68. The van der Waals surface area contributed by atoms with E-state index in [4.69, 9.17) is 0 Å². The number of phenolic OH excluding ortho intramolecular Hbond substituents is 2. The Morgan fingerprint density at radius 1 is 0.950 bits per heavy atom. The van der Waals surface area contributed by atoms with Crippen molar-refractivity contribution in [3.8, 4) is 11.5 Å². The summed E-state index contributed by atoms with van der Waals surface area (Å²) in [6, 6.07) is 11.3. The van der Waals surface area contributed by atoms with Gasteiger partial charge in [0.05, 0.1) is 0 Å². The summed E-state index contributed by atoms with van der Waals surface area (Å²) in [7, 11) is 0. The summed E-state index contributed by atoms with van der Waals surface area (Å²) in [6.07, 6.45) is 0.536. The molecule has 0 aromatic heterocycles. The molecule has 0 radical (unpaired) electrons. The maximum atomic E-state index is 10.5. The van der Waals surface area contributed by atoms with Crippen LogP contribution < -0.4 is 0 Å². The van der Waals surface area contributed by atoms with Crippen molar-refractivity contribution in [2.45, 2.75) is 39.5 Å². The van der Waals surface area contributed by atoms with Crippen LogP contribution in [-0.4, -0.2) is 10.2 Å². The van der Waals surface area contributed by atoms with E-state index < -0.39 is 0 Å². The fourth-order valence-corrected chi connectivity index (χ4v) is 2.45. The second-order valence-electron chi connectivity index (χ2n) is 6.31. The van der Waals surface area contributed by atoms with E-state index in [-0.39, 0.29) is 11.2 Å². The third kappa shape index (κ3) is 2.79. The van der Waals surface area contributed by atoms with Gasteiger partial charge in [-0.3, -0.25) is 0 Å². The molecule has 0 fully saturated rings. The molecule has 2 aromatic rings. The fraction of sp³-hybridized carbons (Fsp3) is 0.333. The van der Waals surface area contributed by atoms with Crippen molar-refractivity contribution in [1.29, 1.82) is 0 Å². The van der Waals surface area contributed by atoms with Gasteiger partial charge in [-0.15, -0.1) is 0 Å². The summed E-state index contributed by atoms with van der Waals surface area (Å²) in [6.45, 7) is 8.21. The third-order valence-corrected chi connectivity index (χ3v) is 3.68. The summed E-state index contributed by atoms with van der Waals surface area (Å²) < 4.78 is 0. The average Bonchev–Trinajstić information content (AvgIpc) is 2.34. The van der Waals surface area contributed by atoms with Gasteiger partial charge in [-0.1, -0.05) is 51.1 Å². The molecular formula is C18H22O2. The fourth-order valence-electron chi connectivity index (χ4n) is 2.45. The zero-order chi connectivity index (χ0) is 14.9. The number of hydrogen-bond acceptors (Lipinski definition) is 2. The van der Waals surface area contributed by atoms with Crippen LogP contribution in [0.5, 0.6) is 11.5 Å². The van der Waals surface area contributed by atoms with Crippen molar-refractivity contribution < 1.29 is 10.2 Å². The van der Waals surface area contributed by atoms with Gasteiger partial charge in [-0.05, 0) is 35.1 Å². The Bertz CT molecular complexity index is 602. The van der Waals surface area contributed by atoms with E-state index >= 15 is 0 Å². The Morgan fingerprint density at radius 3 is 2.20 bits per heavy atom. The number of hydrogen-bond donors (Lipinski definition) is 2. The molecule has 0 bridgehead atoms. The lowest BCUT2D eigenvalue weighted by molar-refractivity contribution is 0.440. The van der Waals surface area contributed by atoms with Crippen molar-refractivity contribution in [3.05, 3.63) is 58.7 Å². The molecule has 20 heavy (non-hydrogen) atoms. The number of benzene rings is 2. The van der Waals surface area contributed by atoms with E-state index in [9.17, 15) is 10.2 Å². The van der Waals surface area contributed by atoms with Gasteiger partial charge < -0.3 is 10.2 Å². The van der Waals surface area contributed by atoms with Crippen molar-refractivity contribution in [3.63, 3.8) is 0 Å². The number of phenols is 2. The van der Waals surface area contributed by atoms with Gasteiger partial charge in [0.2, 0.25) is 0 Å². The molecule has 0 atom stereocenters. The lowest BCUT2D eigenvalue weighted by Gasteiger charge is -2.22. The zero-order valence-electron chi connectivity index (χ0n) is 12.6. The van der Waals surface area contributed by atoms with Crippen LogP contribution in [0.2, 0.25) is 0 Å². The molecule has 0 aliphatic rings. The van der Waals surface area contributed by atoms with Gasteiger partial charge in [0.1, 0.15) is 11.5 Å². The van der Waals surface area contributed by atoms with E-state index in [1.807, 2.05) is 37.3 Å². The van der Waals surface area contributed by atoms with E-state index in [0.717, 1.165) is 22.3 Å². The maximum Gasteiger partial charge on any atom is 0.122 e. The molecule has 2 aromatic carbocycles. The summed E-state index contributed by atoms with van der Waals surface area (Å²) in [4.78, 5) is 0. The molecular weight excluding hydrogens is 248 g/mol. The first-order valence-corrected chi connectivity index (χ1v) is 6.89. The molecule has 0 aliphatic heterocycles. The molecule has 2 rings (SSSR count). The van der Waals surface area contributed by atoms with Crippen LogP contribution in [0.25, 0.3) is 0 Å². The molecule has 0 unspecified atom stereocenters. The molecule has 2 heteroatoms.